The highest BCUT2D eigenvalue weighted by atomic mass is 79.9. The summed E-state index contributed by atoms with van der Waals surface area (Å²) in [6, 6.07) is 13.6. The summed E-state index contributed by atoms with van der Waals surface area (Å²) in [7, 11) is 0. The van der Waals surface area contributed by atoms with Gasteiger partial charge in [0.1, 0.15) is 0 Å². The number of halogens is 4. The van der Waals surface area contributed by atoms with E-state index in [2.05, 4.69) is 31.9 Å². The van der Waals surface area contributed by atoms with E-state index in [1.54, 1.807) is 0 Å². The van der Waals surface area contributed by atoms with E-state index in [0.717, 1.165) is 20.1 Å². The summed E-state index contributed by atoms with van der Waals surface area (Å²) in [5.74, 6) is 0. The van der Waals surface area contributed by atoms with Gasteiger partial charge in [-0.2, -0.15) is 0 Å². The second kappa shape index (κ2) is 5.75. The molecule has 0 heterocycles. The Morgan fingerprint density at radius 1 is 0.941 bits per heavy atom. The molecule has 4 heteroatoms. The first-order valence-electron chi connectivity index (χ1n) is 4.92. The summed E-state index contributed by atoms with van der Waals surface area (Å²) in [4.78, 5) is 0. The van der Waals surface area contributed by atoms with Crippen molar-refractivity contribution >= 4 is 55.1 Å². The molecule has 0 spiro atoms. The summed E-state index contributed by atoms with van der Waals surface area (Å²) in [6.07, 6.45) is 0. The maximum Gasteiger partial charge on any atom is 0.0846 e. The van der Waals surface area contributed by atoms with Crippen molar-refractivity contribution in [1.29, 1.82) is 0 Å². The van der Waals surface area contributed by atoms with E-state index >= 15 is 0 Å². The lowest BCUT2D eigenvalue weighted by atomic mass is 10.0. The Hall–Kier alpha value is -0.0200. The molecule has 0 amide bonds. The van der Waals surface area contributed by atoms with Crippen LogP contribution in [0.2, 0.25) is 5.02 Å². The van der Waals surface area contributed by atoms with E-state index in [4.69, 9.17) is 23.2 Å². The Morgan fingerprint density at radius 2 is 1.59 bits per heavy atom. The third kappa shape index (κ3) is 3.25. The number of benzene rings is 2. The molecule has 0 saturated heterocycles. The van der Waals surface area contributed by atoms with Crippen LogP contribution in [0.3, 0.4) is 0 Å². The van der Waals surface area contributed by atoms with E-state index < -0.39 is 0 Å². The third-order valence-electron chi connectivity index (χ3n) is 2.40. The minimum absolute atomic E-state index is 0.185. The summed E-state index contributed by atoms with van der Waals surface area (Å²) < 4.78 is 1.97. The maximum atomic E-state index is 6.45. The molecule has 0 saturated carbocycles. The quantitative estimate of drug-likeness (QED) is 0.532. The molecule has 0 aromatic heterocycles. The zero-order valence-electron chi connectivity index (χ0n) is 8.63. The van der Waals surface area contributed by atoms with Gasteiger partial charge < -0.3 is 0 Å². The molecule has 17 heavy (non-hydrogen) atoms. The molecule has 88 valence electrons. The molecule has 0 bridgehead atoms. The first-order chi connectivity index (χ1) is 8.08. The highest BCUT2D eigenvalue weighted by Crippen LogP contribution is 2.35. The molecule has 2 aromatic carbocycles. The average Bonchev–Trinajstić information content (AvgIpc) is 2.29. The van der Waals surface area contributed by atoms with E-state index in [0.29, 0.717) is 5.02 Å². The van der Waals surface area contributed by atoms with Gasteiger partial charge in [0.2, 0.25) is 0 Å². The van der Waals surface area contributed by atoms with Gasteiger partial charge in [-0.25, -0.2) is 0 Å². The summed E-state index contributed by atoms with van der Waals surface area (Å²) in [6.45, 7) is 0. The Balaban J connectivity index is 2.36. The van der Waals surface area contributed by atoms with E-state index in [1.807, 2.05) is 42.5 Å². The predicted molar refractivity (Wildman–Crippen MR) is 81.0 cm³/mol. The zero-order chi connectivity index (χ0) is 12.4. The standard InChI is InChI=1S/C13H8Br2Cl2/c14-9-3-1-8(2-4-9)13(17)11-6-5-10(16)7-12(11)15/h1-7,13H. The molecular formula is C13H8Br2Cl2. The molecule has 0 aliphatic rings. The summed E-state index contributed by atoms with van der Waals surface area (Å²) in [5.41, 5.74) is 2.07. The van der Waals surface area contributed by atoms with E-state index in [9.17, 15) is 0 Å². The SMILES string of the molecule is Clc1ccc(C(Cl)c2ccc(Br)cc2)c(Br)c1. The molecular weight excluding hydrogens is 387 g/mol. The van der Waals surface area contributed by atoms with Gasteiger partial charge in [-0.05, 0) is 35.4 Å². The van der Waals surface area contributed by atoms with Crippen molar-refractivity contribution in [3.63, 3.8) is 0 Å². The fourth-order valence-electron chi connectivity index (χ4n) is 1.52. The zero-order valence-corrected chi connectivity index (χ0v) is 13.3. The van der Waals surface area contributed by atoms with Gasteiger partial charge in [-0.15, -0.1) is 11.6 Å². The van der Waals surface area contributed by atoms with Crippen LogP contribution < -0.4 is 0 Å². The van der Waals surface area contributed by atoms with Crippen molar-refractivity contribution < 1.29 is 0 Å². The molecule has 0 aliphatic heterocycles. The molecule has 1 unspecified atom stereocenters. The Kier molecular flexibility index (Phi) is 4.53. The van der Waals surface area contributed by atoms with Crippen LogP contribution in [0.1, 0.15) is 16.5 Å². The minimum Gasteiger partial charge on any atom is -0.113 e. The Morgan fingerprint density at radius 3 is 2.18 bits per heavy atom. The first-order valence-corrected chi connectivity index (χ1v) is 7.32. The maximum absolute atomic E-state index is 6.45. The molecule has 2 rings (SSSR count). The summed E-state index contributed by atoms with van der Waals surface area (Å²) in [5, 5.41) is 0.509. The minimum atomic E-state index is -0.185. The molecule has 0 radical (unpaired) electrons. The molecule has 1 atom stereocenters. The fraction of sp³-hybridized carbons (Fsp3) is 0.0769. The van der Waals surface area contributed by atoms with Crippen LogP contribution in [0.4, 0.5) is 0 Å². The number of alkyl halides is 1. The number of rotatable bonds is 2. The van der Waals surface area contributed by atoms with Crippen molar-refractivity contribution in [1.82, 2.24) is 0 Å². The normalized spacial score (nSPS) is 12.5. The summed E-state index contributed by atoms with van der Waals surface area (Å²) >= 11 is 19.2. The lowest BCUT2D eigenvalue weighted by molar-refractivity contribution is 1.13. The van der Waals surface area contributed by atoms with Crippen LogP contribution in [0.25, 0.3) is 0 Å². The van der Waals surface area contributed by atoms with Crippen LogP contribution in [0.5, 0.6) is 0 Å². The third-order valence-corrected chi connectivity index (χ3v) is 4.34. The van der Waals surface area contributed by atoms with Crippen LogP contribution in [-0.2, 0) is 0 Å². The van der Waals surface area contributed by atoms with Gasteiger partial charge in [0.15, 0.2) is 0 Å². The number of hydrogen-bond acceptors (Lipinski definition) is 0. The van der Waals surface area contributed by atoms with Crippen LogP contribution in [-0.4, -0.2) is 0 Å². The lowest BCUT2D eigenvalue weighted by Gasteiger charge is -2.12. The second-order valence-corrected chi connectivity index (χ2v) is 6.22. The molecule has 0 fully saturated rings. The van der Waals surface area contributed by atoms with Gasteiger partial charge in [-0.1, -0.05) is 61.7 Å². The first kappa shape index (κ1) is 13.4. The second-order valence-electron chi connectivity index (χ2n) is 3.58. The molecule has 0 aliphatic carbocycles. The molecule has 2 aromatic rings. The molecule has 0 nitrogen and oxygen atoms in total. The predicted octanol–water partition coefficient (Wildman–Crippen LogP) is 6.19. The van der Waals surface area contributed by atoms with Crippen LogP contribution >= 0.6 is 55.1 Å². The Bertz CT molecular complexity index is 523. The van der Waals surface area contributed by atoms with Gasteiger partial charge in [0.25, 0.3) is 0 Å². The fourth-order valence-corrected chi connectivity index (χ4v) is 3.16. The Labute approximate surface area is 127 Å². The van der Waals surface area contributed by atoms with E-state index in [1.165, 1.54) is 0 Å². The van der Waals surface area contributed by atoms with Crippen molar-refractivity contribution in [2.75, 3.05) is 0 Å². The van der Waals surface area contributed by atoms with Gasteiger partial charge in [0.05, 0.1) is 5.38 Å². The van der Waals surface area contributed by atoms with Crippen molar-refractivity contribution in [3.8, 4) is 0 Å². The largest absolute Gasteiger partial charge is 0.113 e. The highest BCUT2D eigenvalue weighted by Gasteiger charge is 2.13. The van der Waals surface area contributed by atoms with Gasteiger partial charge >= 0.3 is 0 Å². The monoisotopic (exact) mass is 392 g/mol. The van der Waals surface area contributed by atoms with Gasteiger partial charge in [-0.3, -0.25) is 0 Å². The van der Waals surface area contributed by atoms with Crippen LogP contribution in [0.15, 0.2) is 51.4 Å². The van der Waals surface area contributed by atoms with Crippen molar-refractivity contribution in [3.05, 3.63) is 67.6 Å². The number of hydrogen-bond donors (Lipinski definition) is 0. The molecule has 0 N–H and O–H groups in total. The smallest absolute Gasteiger partial charge is 0.0846 e. The van der Waals surface area contributed by atoms with Gasteiger partial charge in [0, 0.05) is 14.0 Å². The highest BCUT2D eigenvalue weighted by molar-refractivity contribution is 9.10. The van der Waals surface area contributed by atoms with Crippen LogP contribution in [0, 0.1) is 0 Å². The van der Waals surface area contributed by atoms with Crippen molar-refractivity contribution in [2.24, 2.45) is 0 Å². The average molecular weight is 395 g/mol. The van der Waals surface area contributed by atoms with E-state index in [-0.39, 0.29) is 5.38 Å². The van der Waals surface area contributed by atoms with Crippen molar-refractivity contribution in [2.45, 2.75) is 5.38 Å². The topological polar surface area (TPSA) is 0 Å². The lowest BCUT2D eigenvalue weighted by Crippen LogP contribution is -1.94.